The number of carbonyl (C=O) groups excluding carboxylic acids is 1. The first-order valence-electron chi connectivity index (χ1n) is 4.00. The highest BCUT2D eigenvalue weighted by Gasteiger charge is 2.26. The van der Waals surface area contributed by atoms with Crippen LogP contribution in [-0.4, -0.2) is 36.5 Å². The highest BCUT2D eigenvalue weighted by atomic mass is 16.5. The molecule has 0 fully saturated rings. The number of rotatable bonds is 5. The first kappa shape index (κ1) is 11.4. The number of ether oxygens (including phenoxy) is 1. The number of hydrogen-bond donors (Lipinski definition) is 2. The molecule has 1 unspecified atom stereocenters. The molecule has 4 nitrogen and oxygen atoms in total. The van der Waals surface area contributed by atoms with Gasteiger partial charge in [-0.05, 0) is 6.42 Å². The van der Waals surface area contributed by atoms with E-state index in [2.05, 4.69) is 4.74 Å². The molecule has 0 aliphatic heterocycles. The maximum atomic E-state index is 11.1. The van der Waals surface area contributed by atoms with Crippen LogP contribution in [-0.2, 0) is 9.53 Å². The molecule has 0 aliphatic carbocycles. The summed E-state index contributed by atoms with van der Waals surface area (Å²) in [5.74, 6) is -1.17. The molecule has 1 atom stereocenters. The molecule has 0 aromatic carbocycles. The average molecular weight is 176 g/mol. The first-order chi connectivity index (χ1) is 5.71. The molecule has 0 radical (unpaired) electrons. The molecule has 0 aliphatic rings. The van der Waals surface area contributed by atoms with Crippen molar-refractivity contribution in [3.05, 3.63) is 0 Å². The fraction of sp³-hybridized carbons (Fsp3) is 0.875. The minimum atomic E-state index is -0.401. The molecule has 0 rings (SSSR count). The molecule has 0 spiro atoms. The van der Waals surface area contributed by atoms with E-state index >= 15 is 0 Å². The summed E-state index contributed by atoms with van der Waals surface area (Å²) in [6, 6.07) is 0. The molecule has 72 valence electrons. The van der Waals surface area contributed by atoms with E-state index < -0.39 is 11.8 Å². The second-order valence-electron chi connectivity index (χ2n) is 2.66. The Morgan fingerprint density at radius 1 is 1.42 bits per heavy atom. The van der Waals surface area contributed by atoms with E-state index in [4.69, 9.17) is 10.2 Å². The van der Waals surface area contributed by atoms with Crippen LogP contribution in [0.3, 0.4) is 0 Å². The van der Waals surface area contributed by atoms with Crippen LogP contribution < -0.4 is 0 Å². The van der Waals surface area contributed by atoms with E-state index in [-0.39, 0.29) is 19.2 Å². The van der Waals surface area contributed by atoms with Gasteiger partial charge in [-0.25, -0.2) is 0 Å². The van der Waals surface area contributed by atoms with Gasteiger partial charge in [0.1, 0.15) is 0 Å². The van der Waals surface area contributed by atoms with Crippen molar-refractivity contribution in [2.24, 2.45) is 11.8 Å². The summed E-state index contributed by atoms with van der Waals surface area (Å²) in [5.41, 5.74) is 0. The molecule has 2 N–H and O–H groups in total. The third kappa shape index (κ3) is 2.79. The Balaban J connectivity index is 4.19. The molecule has 0 amide bonds. The van der Waals surface area contributed by atoms with E-state index in [9.17, 15) is 4.79 Å². The van der Waals surface area contributed by atoms with Gasteiger partial charge in [-0.15, -0.1) is 0 Å². The van der Waals surface area contributed by atoms with Crippen molar-refractivity contribution < 1.29 is 19.7 Å². The van der Waals surface area contributed by atoms with Gasteiger partial charge in [-0.1, -0.05) is 6.92 Å². The minimum Gasteiger partial charge on any atom is -0.469 e. The predicted molar refractivity (Wildman–Crippen MR) is 43.5 cm³/mol. The summed E-state index contributed by atoms with van der Waals surface area (Å²) < 4.78 is 4.53. The number of esters is 1. The van der Waals surface area contributed by atoms with Gasteiger partial charge in [-0.3, -0.25) is 4.79 Å². The van der Waals surface area contributed by atoms with Crippen LogP contribution in [0.5, 0.6) is 0 Å². The second kappa shape index (κ2) is 5.97. The van der Waals surface area contributed by atoms with Gasteiger partial charge in [-0.2, -0.15) is 0 Å². The maximum Gasteiger partial charge on any atom is 0.309 e. The lowest BCUT2D eigenvalue weighted by Crippen LogP contribution is -2.29. The van der Waals surface area contributed by atoms with Crippen molar-refractivity contribution in [3.8, 4) is 0 Å². The lowest BCUT2D eigenvalue weighted by molar-refractivity contribution is -0.149. The van der Waals surface area contributed by atoms with Crippen molar-refractivity contribution in [2.45, 2.75) is 13.3 Å². The Hall–Kier alpha value is -0.610. The summed E-state index contributed by atoms with van der Waals surface area (Å²) in [6.07, 6.45) is 0.568. The first-order valence-corrected chi connectivity index (χ1v) is 4.00. The van der Waals surface area contributed by atoms with Crippen LogP contribution >= 0.6 is 0 Å². The van der Waals surface area contributed by atoms with Crippen molar-refractivity contribution in [1.29, 1.82) is 0 Å². The van der Waals surface area contributed by atoms with Crippen LogP contribution in [0.1, 0.15) is 13.3 Å². The minimum absolute atomic E-state index is 0.190. The van der Waals surface area contributed by atoms with Gasteiger partial charge in [0, 0.05) is 19.1 Å². The predicted octanol–water partition coefficient (Wildman–Crippen LogP) is -0.214. The normalized spacial score (nSPS) is 13.1. The van der Waals surface area contributed by atoms with Crippen LogP contribution in [0.15, 0.2) is 0 Å². The van der Waals surface area contributed by atoms with Crippen LogP contribution in [0.2, 0.25) is 0 Å². The molecular weight excluding hydrogens is 160 g/mol. The molecule has 0 saturated heterocycles. The fourth-order valence-corrected chi connectivity index (χ4v) is 1.16. The van der Waals surface area contributed by atoms with Gasteiger partial charge in [0.25, 0.3) is 0 Å². The SMILES string of the molecule is CCC(C(=O)OC)C(CO)CO. The zero-order valence-electron chi connectivity index (χ0n) is 7.49. The fourth-order valence-electron chi connectivity index (χ4n) is 1.16. The summed E-state index contributed by atoms with van der Waals surface area (Å²) in [5, 5.41) is 17.6. The second-order valence-corrected chi connectivity index (χ2v) is 2.66. The van der Waals surface area contributed by atoms with Gasteiger partial charge in [0.15, 0.2) is 0 Å². The van der Waals surface area contributed by atoms with E-state index in [1.807, 2.05) is 6.92 Å². The number of methoxy groups -OCH3 is 1. The van der Waals surface area contributed by atoms with Crippen molar-refractivity contribution in [1.82, 2.24) is 0 Å². The molecule has 12 heavy (non-hydrogen) atoms. The molecule has 0 heterocycles. The molecule has 0 saturated carbocycles. The highest BCUT2D eigenvalue weighted by molar-refractivity contribution is 5.72. The van der Waals surface area contributed by atoms with Gasteiger partial charge >= 0.3 is 5.97 Å². The molecule has 4 heteroatoms. The van der Waals surface area contributed by atoms with Crippen LogP contribution in [0.25, 0.3) is 0 Å². The molecule has 0 aromatic heterocycles. The molecular formula is C8H16O4. The zero-order chi connectivity index (χ0) is 9.56. The Kier molecular flexibility index (Phi) is 5.66. The smallest absolute Gasteiger partial charge is 0.309 e. The maximum absolute atomic E-state index is 11.1. The summed E-state index contributed by atoms with van der Waals surface area (Å²) in [4.78, 5) is 11.1. The summed E-state index contributed by atoms with van der Waals surface area (Å²) in [7, 11) is 1.30. The van der Waals surface area contributed by atoms with Crippen molar-refractivity contribution in [3.63, 3.8) is 0 Å². The van der Waals surface area contributed by atoms with Crippen LogP contribution in [0.4, 0.5) is 0 Å². The molecule has 0 aromatic rings. The zero-order valence-corrected chi connectivity index (χ0v) is 7.49. The largest absolute Gasteiger partial charge is 0.469 e. The van der Waals surface area contributed by atoms with E-state index in [0.29, 0.717) is 6.42 Å². The standard InChI is InChI=1S/C8H16O4/c1-3-7(8(11)12-2)6(4-9)5-10/h6-7,9-10H,3-5H2,1-2H3. The summed E-state index contributed by atoms with van der Waals surface area (Å²) >= 11 is 0. The Bertz CT molecular complexity index is 131. The lowest BCUT2D eigenvalue weighted by Gasteiger charge is -2.19. The van der Waals surface area contributed by atoms with E-state index in [1.165, 1.54) is 7.11 Å². The Morgan fingerprint density at radius 2 is 1.92 bits per heavy atom. The highest BCUT2D eigenvalue weighted by Crippen LogP contribution is 2.16. The third-order valence-corrected chi connectivity index (χ3v) is 1.98. The van der Waals surface area contributed by atoms with Gasteiger partial charge < -0.3 is 14.9 Å². The van der Waals surface area contributed by atoms with E-state index in [0.717, 1.165) is 0 Å². The van der Waals surface area contributed by atoms with Gasteiger partial charge in [0.2, 0.25) is 0 Å². The number of aliphatic hydroxyl groups excluding tert-OH is 2. The quantitative estimate of drug-likeness (QED) is 0.569. The molecule has 0 bridgehead atoms. The topological polar surface area (TPSA) is 66.8 Å². The lowest BCUT2D eigenvalue weighted by atomic mass is 9.91. The summed E-state index contributed by atoms with van der Waals surface area (Å²) in [6.45, 7) is 1.44. The van der Waals surface area contributed by atoms with Crippen molar-refractivity contribution >= 4 is 5.97 Å². The Morgan fingerprint density at radius 3 is 2.17 bits per heavy atom. The third-order valence-electron chi connectivity index (χ3n) is 1.98. The average Bonchev–Trinajstić information content (AvgIpc) is 2.12. The monoisotopic (exact) mass is 176 g/mol. The van der Waals surface area contributed by atoms with Crippen LogP contribution in [0, 0.1) is 11.8 Å². The number of hydrogen-bond acceptors (Lipinski definition) is 4. The number of carbonyl (C=O) groups is 1. The van der Waals surface area contributed by atoms with Gasteiger partial charge in [0.05, 0.1) is 13.0 Å². The van der Waals surface area contributed by atoms with E-state index in [1.54, 1.807) is 0 Å². The number of aliphatic hydroxyl groups is 2. The van der Waals surface area contributed by atoms with Crippen molar-refractivity contribution in [2.75, 3.05) is 20.3 Å². The Labute approximate surface area is 72.2 Å².